The Morgan fingerprint density at radius 1 is 1.10 bits per heavy atom. The van der Waals surface area contributed by atoms with E-state index < -0.39 is 0 Å². The van der Waals surface area contributed by atoms with E-state index in [1.165, 1.54) is 11.6 Å². The molecule has 20 heavy (non-hydrogen) atoms. The Morgan fingerprint density at radius 2 is 1.80 bits per heavy atom. The number of nitrogens with zero attached hydrogens (tertiary/aromatic N) is 1. The Balaban J connectivity index is 2.30. The molecule has 2 aromatic rings. The lowest BCUT2D eigenvalue weighted by Crippen LogP contribution is -2.22. The van der Waals surface area contributed by atoms with Crippen LogP contribution in [0.1, 0.15) is 24.1 Å². The summed E-state index contributed by atoms with van der Waals surface area (Å²) in [6.07, 6.45) is 0. The zero-order valence-electron chi connectivity index (χ0n) is 12.2. The molecule has 1 unspecified atom stereocenters. The number of hydrogen-bond donors (Lipinski definition) is 1. The Bertz CT molecular complexity index is 554. The average molecular weight is 272 g/mol. The molecule has 0 aliphatic carbocycles. The number of benzene rings is 2. The van der Waals surface area contributed by atoms with E-state index in [0.29, 0.717) is 5.56 Å². The molecule has 0 saturated heterocycles. The van der Waals surface area contributed by atoms with Gasteiger partial charge in [0.15, 0.2) is 0 Å². The largest absolute Gasteiger partial charge is 0.370 e. The molecule has 2 nitrogen and oxygen atoms in total. The van der Waals surface area contributed by atoms with Crippen LogP contribution in [0.4, 0.5) is 10.1 Å². The van der Waals surface area contributed by atoms with E-state index in [2.05, 4.69) is 22.3 Å². The van der Waals surface area contributed by atoms with Crippen LogP contribution < -0.4 is 10.2 Å². The van der Waals surface area contributed by atoms with Crippen molar-refractivity contribution in [2.75, 3.05) is 19.0 Å². The molecule has 0 aliphatic rings. The lowest BCUT2D eigenvalue weighted by molar-refractivity contribution is 0.560. The summed E-state index contributed by atoms with van der Waals surface area (Å²) in [6.45, 7) is 2.73. The van der Waals surface area contributed by atoms with Gasteiger partial charge in [0.25, 0.3) is 0 Å². The number of rotatable bonds is 5. The maximum atomic E-state index is 14.1. The molecule has 0 saturated carbocycles. The molecule has 0 heterocycles. The predicted molar refractivity (Wildman–Crippen MR) is 82.4 cm³/mol. The third kappa shape index (κ3) is 3.17. The van der Waals surface area contributed by atoms with Gasteiger partial charge < -0.3 is 10.2 Å². The van der Waals surface area contributed by atoms with Crippen LogP contribution in [0.2, 0.25) is 0 Å². The van der Waals surface area contributed by atoms with Gasteiger partial charge in [0.1, 0.15) is 5.82 Å². The fourth-order valence-electron chi connectivity index (χ4n) is 2.37. The maximum Gasteiger partial charge on any atom is 0.130 e. The van der Waals surface area contributed by atoms with Crippen LogP contribution in [0.5, 0.6) is 0 Å². The van der Waals surface area contributed by atoms with Gasteiger partial charge in [-0.1, -0.05) is 36.4 Å². The van der Waals surface area contributed by atoms with Crippen LogP contribution in [0.15, 0.2) is 48.5 Å². The fraction of sp³-hybridized carbons (Fsp3) is 0.294. The molecule has 0 radical (unpaired) electrons. The van der Waals surface area contributed by atoms with Crippen LogP contribution in [0.3, 0.4) is 0 Å². The average Bonchev–Trinajstić information content (AvgIpc) is 2.47. The molecule has 0 aliphatic heterocycles. The molecule has 0 aromatic heterocycles. The van der Waals surface area contributed by atoms with Gasteiger partial charge in [-0.3, -0.25) is 0 Å². The molecule has 2 rings (SSSR count). The Labute approximate surface area is 120 Å². The highest BCUT2D eigenvalue weighted by Gasteiger charge is 2.16. The van der Waals surface area contributed by atoms with Crippen molar-refractivity contribution in [3.8, 4) is 0 Å². The zero-order valence-corrected chi connectivity index (χ0v) is 12.2. The highest BCUT2D eigenvalue weighted by molar-refractivity contribution is 5.55. The van der Waals surface area contributed by atoms with E-state index in [0.717, 1.165) is 12.2 Å². The third-order valence-corrected chi connectivity index (χ3v) is 3.57. The summed E-state index contributed by atoms with van der Waals surface area (Å²) >= 11 is 0. The van der Waals surface area contributed by atoms with Crippen molar-refractivity contribution < 1.29 is 4.39 Å². The topological polar surface area (TPSA) is 15.3 Å². The smallest absolute Gasteiger partial charge is 0.130 e. The van der Waals surface area contributed by atoms with Gasteiger partial charge in [-0.2, -0.15) is 0 Å². The van der Waals surface area contributed by atoms with Crippen LogP contribution in [0, 0.1) is 5.82 Å². The lowest BCUT2D eigenvalue weighted by Gasteiger charge is -2.25. The second kappa shape index (κ2) is 6.53. The molecule has 2 aromatic carbocycles. The van der Waals surface area contributed by atoms with E-state index >= 15 is 0 Å². The SMILES string of the molecule is CNC(C)c1c(F)cccc1N(C)Cc1ccccc1. The van der Waals surface area contributed by atoms with Crippen LogP contribution >= 0.6 is 0 Å². The van der Waals surface area contributed by atoms with E-state index in [9.17, 15) is 4.39 Å². The minimum Gasteiger partial charge on any atom is -0.370 e. The zero-order chi connectivity index (χ0) is 14.5. The molecule has 3 heteroatoms. The summed E-state index contributed by atoms with van der Waals surface area (Å²) in [5.74, 6) is -0.163. The first-order chi connectivity index (χ1) is 9.63. The van der Waals surface area contributed by atoms with Crippen LogP contribution in [0.25, 0.3) is 0 Å². The van der Waals surface area contributed by atoms with Gasteiger partial charge in [-0.25, -0.2) is 4.39 Å². The first-order valence-electron chi connectivity index (χ1n) is 6.84. The summed E-state index contributed by atoms with van der Waals surface area (Å²) in [7, 11) is 3.84. The minimum atomic E-state index is -0.163. The van der Waals surface area contributed by atoms with Crippen molar-refractivity contribution >= 4 is 5.69 Å². The van der Waals surface area contributed by atoms with Gasteiger partial charge in [0.05, 0.1) is 0 Å². The Morgan fingerprint density at radius 3 is 2.45 bits per heavy atom. The van der Waals surface area contributed by atoms with Gasteiger partial charge in [-0.15, -0.1) is 0 Å². The molecule has 0 amide bonds. The lowest BCUT2D eigenvalue weighted by atomic mass is 10.0. The van der Waals surface area contributed by atoms with Gasteiger partial charge in [-0.05, 0) is 31.7 Å². The molecule has 0 spiro atoms. The molecular weight excluding hydrogens is 251 g/mol. The second-order valence-electron chi connectivity index (χ2n) is 5.02. The van der Waals surface area contributed by atoms with E-state index in [1.807, 2.05) is 45.3 Å². The molecule has 1 N–H and O–H groups in total. The third-order valence-electron chi connectivity index (χ3n) is 3.57. The number of halogens is 1. The highest BCUT2D eigenvalue weighted by atomic mass is 19.1. The number of anilines is 1. The normalized spacial score (nSPS) is 12.2. The van der Waals surface area contributed by atoms with Crippen molar-refractivity contribution in [3.05, 3.63) is 65.5 Å². The van der Waals surface area contributed by atoms with Crippen molar-refractivity contribution in [2.24, 2.45) is 0 Å². The molecular formula is C17H21FN2. The molecule has 1 atom stereocenters. The molecule has 0 fully saturated rings. The minimum absolute atomic E-state index is 0.0237. The van der Waals surface area contributed by atoms with Crippen molar-refractivity contribution in [2.45, 2.75) is 19.5 Å². The first-order valence-corrected chi connectivity index (χ1v) is 6.84. The second-order valence-corrected chi connectivity index (χ2v) is 5.02. The first kappa shape index (κ1) is 14.5. The number of hydrogen-bond acceptors (Lipinski definition) is 2. The van der Waals surface area contributed by atoms with Crippen molar-refractivity contribution in [1.82, 2.24) is 5.32 Å². The summed E-state index contributed by atoms with van der Waals surface area (Å²) in [5, 5.41) is 3.11. The van der Waals surface area contributed by atoms with E-state index in [4.69, 9.17) is 0 Å². The maximum absolute atomic E-state index is 14.1. The predicted octanol–water partition coefficient (Wildman–Crippen LogP) is 3.74. The summed E-state index contributed by atoms with van der Waals surface area (Å²) in [5.41, 5.74) is 2.85. The molecule has 0 bridgehead atoms. The van der Waals surface area contributed by atoms with Gasteiger partial charge in [0.2, 0.25) is 0 Å². The standard InChI is InChI=1S/C17H21FN2/c1-13(19-2)17-15(18)10-7-11-16(17)20(3)12-14-8-5-4-6-9-14/h4-11,13,19H,12H2,1-3H3. The van der Waals surface area contributed by atoms with E-state index in [1.54, 1.807) is 6.07 Å². The quantitative estimate of drug-likeness (QED) is 0.892. The van der Waals surface area contributed by atoms with Crippen LogP contribution in [-0.4, -0.2) is 14.1 Å². The van der Waals surface area contributed by atoms with Crippen LogP contribution in [-0.2, 0) is 6.54 Å². The van der Waals surface area contributed by atoms with Gasteiger partial charge in [0, 0.05) is 30.9 Å². The Hall–Kier alpha value is -1.87. The molecule has 106 valence electrons. The Kier molecular flexibility index (Phi) is 4.74. The number of nitrogens with one attached hydrogen (secondary N) is 1. The van der Waals surface area contributed by atoms with Gasteiger partial charge >= 0.3 is 0 Å². The van der Waals surface area contributed by atoms with Crippen molar-refractivity contribution in [1.29, 1.82) is 0 Å². The highest BCUT2D eigenvalue weighted by Crippen LogP contribution is 2.29. The fourth-order valence-corrected chi connectivity index (χ4v) is 2.37. The van der Waals surface area contributed by atoms with E-state index in [-0.39, 0.29) is 11.9 Å². The summed E-state index contributed by atoms with van der Waals surface area (Å²) in [4.78, 5) is 2.08. The monoisotopic (exact) mass is 272 g/mol. The van der Waals surface area contributed by atoms with Crippen molar-refractivity contribution in [3.63, 3.8) is 0 Å². The summed E-state index contributed by atoms with van der Waals surface area (Å²) < 4.78 is 14.1. The summed E-state index contributed by atoms with van der Waals surface area (Å²) in [6, 6.07) is 15.4.